The molecular formula is C18H27ClN4O. The first-order valence-electron chi connectivity index (χ1n) is 8.83. The van der Waals surface area contributed by atoms with Crippen molar-refractivity contribution in [1.29, 1.82) is 0 Å². The average Bonchev–Trinajstić information content (AvgIpc) is 2.62. The molecule has 2 aliphatic heterocycles. The van der Waals surface area contributed by atoms with Crippen LogP contribution in [0.25, 0.3) is 0 Å². The molecule has 2 fully saturated rings. The number of likely N-dealkylation sites (N-methyl/N-ethyl adjacent to an activating group) is 1. The molecule has 1 atom stereocenters. The van der Waals surface area contributed by atoms with Crippen molar-refractivity contribution in [1.82, 2.24) is 15.1 Å². The third-order valence-electron chi connectivity index (χ3n) is 5.13. The lowest BCUT2D eigenvalue weighted by atomic mass is 10.0. The fraction of sp³-hybridized carbons (Fsp3) is 0.611. The molecule has 24 heavy (non-hydrogen) atoms. The summed E-state index contributed by atoms with van der Waals surface area (Å²) in [5.41, 5.74) is 1.21. The summed E-state index contributed by atoms with van der Waals surface area (Å²) in [6.07, 6.45) is 2.41. The number of halogens is 1. The van der Waals surface area contributed by atoms with E-state index in [0.717, 1.165) is 44.3 Å². The molecular weight excluding hydrogens is 324 g/mol. The number of carbonyl (C=O) groups excluding carboxylic acids is 1. The second kappa shape index (κ2) is 8.19. The van der Waals surface area contributed by atoms with Gasteiger partial charge in [0.25, 0.3) is 0 Å². The van der Waals surface area contributed by atoms with Crippen LogP contribution in [0.5, 0.6) is 0 Å². The van der Waals surface area contributed by atoms with Gasteiger partial charge >= 0.3 is 0 Å². The Bertz CT molecular complexity index is 560. The first-order chi connectivity index (χ1) is 11.7. The maximum atomic E-state index is 11.6. The molecule has 0 saturated carbocycles. The van der Waals surface area contributed by atoms with Crippen molar-refractivity contribution in [3.8, 4) is 0 Å². The van der Waals surface area contributed by atoms with Gasteiger partial charge in [-0.2, -0.15) is 0 Å². The number of hydrogen-bond acceptors (Lipinski definition) is 4. The molecule has 1 amide bonds. The quantitative estimate of drug-likeness (QED) is 0.896. The summed E-state index contributed by atoms with van der Waals surface area (Å²) in [6.45, 7) is 6.78. The van der Waals surface area contributed by atoms with E-state index in [4.69, 9.17) is 11.6 Å². The number of rotatable bonds is 4. The van der Waals surface area contributed by atoms with Gasteiger partial charge in [0.1, 0.15) is 0 Å². The van der Waals surface area contributed by atoms with Gasteiger partial charge in [0.2, 0.25) is 5.91 Å². The molecule has 0 aliphatic carbocycles. The highest BCUT2D eigenvalue weighted by molar-refractivity contribution is 6.30. The maximum absolute atomic E-state index is 11.6. The molecule has 0 unspecified atom stereocenters. The van der Waals surface area contributed by atoms with E-state index in [-0.39, 0.29) is 5.91 Å². The van der Waals surface area contributed by atoms with Crippen LogP contribution < -0.4 is 10.2 Å². The number of anilines is 1. The second-order valence-corrected chi connectivity index (χ2v) is 7.14. The van der Waals surface area contributed by atoms with Crippen molar-refractivity contribution < 1.29 is 4.79 Å². The topological polar surface area (TPSA) is 38.8 Å². The third-order valence-corrected chi connectivity index (χ3v) is 5.37. The molecule has 2 aliphatic rings. The van der Waals surface area contributed by atoms with E-state index in [1.165, 1.54) is 18.5 Å². The summed E-state index contributed by atoms with van der Waals surface area (Å²) in [4.78, 5) is 18.9. The van der Waals surface area contributed by atoms with Crippen LogP contribution in [0.15, 0.2) is 24.3 Å². The molecule has 1 N–H and O–H groups in total. The Kier molecular flexibility index (Phi) is 5.98. The Labute approximate surface area is 149 Å². The van der Waals surface area contributed by atoms with Crippen LogP contribution in [0.3, 0.4) is 0 Å². The van der Waals surface area contributed by atoms with Gasteiger partial charge in [0, 0.05) is 56.5 Å². The minimum atomic E-state index is 0.112. The van der Waals surface area contributed by atoms with Crippen LogP contribution in [0.2, 0.25) is 5.02 Å². The predicted octanol–water partition coefficient (Wildman–Crippen LogP) is 1.67. The molecule has 2 heterocycles. The highest BCUT2D eigenvalue weighted by atomic mass is 35.5. The molecule has 2 saturated heterocycles. The molecule has 0 radical (unpaired) electrons. The van der Waals surface area contributed by atoms with E-state index in [2.05, 4.69) is 26.1 Å². The number of piperidine rings is 1. The summed E-state index contributed by atoms with van der Waals surface area (Å²) in [5, 5.41) is 3.52. The van der Waals surface area contributed by atoms with E-state index in [0.29, 0.717) is 12.6 Å². The number of amides is 1. The van der Waals surface area contributed by atoms with Gasteiger partial charge < -0.3 is 10.2 Å². The van der Waals surface area contributed by atoms with Crippen LogP contribution in [0, 0.1) is 0 Å². The van der Waals surface area contributed by atoms with Crippen molar-refractivity contribution in [3.63, 3.8) is 0 Å². The minimum Gasteiger partial charge on any atom is -0.369 e. The first-order valence-corrected chi connectivity index (χ1v) is 9.21. The monoisotopic (exact) mass is 350 g/mol. The normalized spacial score (nSPS) is 23.2. The Morgan fingerprint density at radius 2 is 2.04 bits per heavy atom. The number of nitrogens with one attached hydrogen (secondary N) is 1. The van der Waals surface area contributed by atoms with Crippen LogP contribution in [-0.4, -0.2) is 74.6 Å². The second-order valence-electron chi connectivity index (χ2n) is 6.71. The molecule has 0 aromatic heterocycles. The van der Waals surface area contributed by atoms with Crippen LogP contribution in [-0.2, 0) is 4.79 Å². The Balaban J connectivity index is 1.51. The molecule has 1 aromatic rings. The number of piperazine rings is 1. The summed E-state index contributed by atoms with van der Waals surface area (Å²) in [5.74, 6) is 0.112. The molecule has 6 heteroatoms. The average molecular weight is 351 g/mol. The van der Waals surface area contributed by atoms with Gasteiger partial charge in [-0.15, -0.1) is 0 Å². The Morgan fingerprint density at radius 1 is 1.25 bits per heavy atom. The van der Waals surface area contributed by atoms with Gasteiger partial charge in [0.05, 0.1) is 6.54 Å². The van der Waals surface area contributed by atoms with E-state index in [1.54, 1.807) is 7.05 Å². The largest absolute Gasteiger partial charge is 0.369 e. The molecule has 0 bridgehead atoms. The Hall–Kier alpha value is -1.30. The van der Waals surface area contributed by atoms with E-state index in [9.17, 15) is 4.79 Å². The fourth-order valence-corrected chi connectivity index (χ4v) is 3.96. The molecule has 132 valence electrons. The SMILES string of the molecule is CNC(=O)CN1CCC[C@@H](N2CCN(c3cccc(Cl)c3)CC2)C1. The number of carbonyl (C=O) groups is 1. The van der Waals surface area contributed by atoms with Crippen LogP contribution in [0.4, 0.5) is 5.69 Å². The highest BCUT2D eigenvalue weighted by Crippen LogP contribution is 2.23. The fourth-order valence-electron chi connectivity index (χ4n) is 3.77. The number of likely N-dealkylation sites (tertiary alicyclic amines) is 1. The summed E-state index contributed by atoms with van der Waals surface area (Å²) in [7, 11) is 1.71. The lowest BCUT2D eigenvalue weighted by molar-refractivity contribution is -0.122. The van der Waals surface area contributed by atoms with Crippen molar-refractivity contribution in [3.05, 3.63) is 29.3 Å². The molecule has 5 nitrogen and oxygen atoms in total. The van der Waals surface area contributed by atoms with Crippen LogP contribution >= 0.6 is 11.6 Å². The van der Waals surface area contributed by atoms with Crippen molar-refractivity contribution in [2.45, 2.75) is 18.9 Å². The van der Waals surface area contributed by atoms with Gasteiger partial charge in [-0.25, -0.2) is 0 Å². The highest BCUT2D eigenvalue weighted by Gasteiger charge is 2.28. The first kappa shape index (κ1) is 17.5. The standard InChI is InChI=1S/C18H27ClN4O/c1-20-18(24)14-21-7-3-6-17(13-21)23-10-8-22(9-11-23)16-5-2-4-15(19)12-16/h2,4-5,12,17H,3,6-11,13-14H2,1H3,(H,20,24)/t17-/m1/s1. The summed E-state index contributed by atoms with van der Waals surface area (Å²) in [6, 6.07) is 8.69. The number of hydrogen-bond donors (Lipinski definition) is 1. The smallest absolute Gasteiger partial charge is 0.233 e. The Morgan fingerprint density at radius 3 is 2.75 bits per heavy atom. The number of nitrogens with zero attached hydrogens (tertiary/aromatic N) is 3. The van der Waals surface area contributed by atoms with Crippen LogP contribution in [0.1, 0.15) is 12.8 Å². The van der Waals surface area contributed by atoms with Crippen molar-refractivity contribution >= 4 is 23.2 Å². The lowest BCUT2D eigenvalue weighted by Gasteiger charge is -2.43. The van der Waals surface area contributed by atoms with Crippen molar-refractivity contribution in [2.75, 3.05) is 57.8 Å². The predicted molar refractivity (Wildman–Crippen MR) is 98.8 cm³/mol. The van der Waals surface area contributed by atoms with Crippen molar-refractivity contribution in [2.24, 2.45) is 0 Å². The van der Waals surface area contributed by atoms with Gasteiger partial charge in [-0.3, -0.25) is 14.6 Å². The zero-order valence-corrected chi connectivity index (χ0v) is 15.1. The molecule has 0 spiro atoms. The van der Waals surface area contributed by atoms with Gasteiger partial charge in [-0.05, 0) is 37.6 Å². The van der Waals surface area contributed by atoms with E-state index < -0.39 is 0 Å². The molecule has 3 rings (SSSR count). The summed E-state index contributed by atoms with van der Waals surface area (Å²) < 4.78 is 0. The lowest BCUT2D eigenvalue weighted by Crippen LogP contribution is -2.55. The minimum absolute atomic E-state index is 0.112. The van der Waals surface area contributed by atoms with E-state index in [1.807, 2.05) is 18.2 Å². The zero-order chi connectivity index (χ0) is 16.9. The zero-order valence-electron chi connectivity index (χ0n) is 14.4. The van der Waals surface area contributed by atoms with E-state index >= 15 is 0 Å². The maximum Gasteiger partial charge on any atom is 0.233 e. The number of benzene rings is 1. The van der Waals surface area contributed by atoms with Gasteiger partial charge in [-0.1, -0.05) is 17.7 Å². The third kappa shape index (κ3) is 4.41. The van der Waals surface area contributed by atoms with Gasteiger partial charge in [0.15, 0.2) is 0 Å². The molecule has 1 aromatic carbocycles. The summed E-state index contributed by atoms with van der Waals surface area (Å²) >= 11 is 6.11.